The van der Waals surface area contributed by atoms with Crippen molar-refractivity contribution in [3.8, 4) is 23.1 Å². The second kappa shape index (κ2) is 11.4. The monoisotopic (exact) mass is 558 g/mol. The van der Waals surface area contributed by atoms with E-state index in [1.165, 1.54) is 18.0 Å². The van der Waals surface area contributed by atoms with Gasteiger partial charge in [0.05, 0.1) is 24.2 Å². The number of carbonyl (C=O) groups excluding carboxylic acids is 1. The molecule has 0 fully saturated rings. The molecule has 0 aliphatic rings. The second-order valence-electron chi connectivity index (χ2n) is 9.54. The lowest BCUT2D eigenvalue weighted by atomic mass is 10.2. The van der Waals surface area contributed by atoms with E-state index in [0.29, 0.717) is 45.0 Å². The highest BCUT2D eigenvalue weighted by molar-refractivity contribution is 5.92. The lowest BCUT2D eigenvalue weighted by Crippen LogP contribution is -2.21. The first-order valence-corrected chi connectivity index (χ1v) is 13.2. The zero-order valence-corrected chi connectivity index (χ0v) is 22.9. The predicted molar refractivity (Wildman–Crippen MR) is 163 cm³/mol. The fraction of sp³-hybridized carbons (Fsp3) is 0.0909. The number of para-hydroxylation sites is 3. The Morgan fingerprint density at radius 2 is 1.79 bits per heavy atom. The van der Waals surface area contributed by atoms with E-state index in [0.717, 1.165) is 10.9 Å². The number of nitrogens with one attached hydrogen (secondary N) is 1. The van der Waals surface area contributed by atoms with E-state index in [-0.39, 0.29) is 23.9 Å². The molecule has 1 N–H and O–H groups in total. The van der Waals surface area contributed by atoms with Gasteiger partial charge in [0.25, 0.3) is 11.5 Å². The van der Waals surface area contributed by atoms with E-state index >= 15 is 0 Å². The molecule has 6 rings (SSSR count). The molecule has 0 aliphatic carbocycles. The van der Waals surface area contributed by atoms with Crippen LogP contribution < -0.4 is 20.3 Å². The van der Waals surface area contributed by atoms with Gasteiger partial charge < -0.3 is 19.2 Å². The predicted octanol–water partition coefficient (Wildman–Crippen LogP) is 6.03. The molecule has 0 saturated carbocycles. The number of hydrogen-bond donors (Lipinski definition) is 1. The number of hydrogen-bond acceptors (Lipinski definition) is 7. The van der Waals surface area contributed by atoms with Crippen LogP contribution in [0.15, 0.2) is 111 Å². The van der Waals surface area contributed by atoms with Crippen molar-refractivity contribution in [3.63, 3.8) is 0 Å². The summed E-state index contributed by atoms with van der Waals surface area (Å²) < 4.78 is 18.7. The number of methoxy groups -OCH3 is 1. The van der Waals surface area contributed by atoms with Crippen LogP contribution in [0.1, 0.15) is 11.1 Å². The standard InChI is InChI=1S/C33H26N4O5/c1-21-14-16-24(17-15-21)35-30(38)20-41-31-23(9-7-13-28(31)40-2)19-34-37-32(29-18-22-8-3-6-12-27(22)42-29)36-26-11-5-4-10-25(26)33(37)39/h3-19H,20H2,1-2H3,(H,35,38). The number of ether oxygens (including phenoxy) is 2. The SMILES string of the molecule is COc1cccc(C=Nn2c(-c3cc4ccccc4o3)nc3ccccc3c2=O)c1OCC(=O)Nc1ccc(C)cc1. The maximum atomic E-state index is 13.6. The van der Waals surface area contributed by atoms with Gasteiger partial charge >= 0.3 is 0 Å². The smallest absolute Gasteiger partial charge is 0.282 e. The molecule has 0 aliphatic heterocycles. The van der Waals surface area contributed by atoms with Gasteiger partial charge in [0, 0.05) is 16.6 Å². The van der Waals surface area contributed by atoms with Crippen molar-refractivity contribution in [3.05, 3.63) is 119 Å². The third-order valence-corrected chi connectivity index (χ3v) is 6.62. The minimum atomic E-state index is -0.366. The Labute approximate surface area is 240 Å². The molecule has 0 spiro atoms. The number of carbonyl (C=O) groups is 1. The molecule has 0 atom stereocenters. The van der Waals surface area contributed by atoms with Gasteiger partial charge in [-0.25, -0.2) is 4.98 Å². The minimum Gasteiger partial charge on any atom is -0.493 e. The fourth-order valence-electron chi connectivity index (χ4n) is 4.52. The maximum Gasteiger partial charge on any atom is 0.282 e. The Morgan fingerprint density at radius 1 is 1.00 bits per heavy atom. The number of fused-ring (bicyclic) bond motifs is 2. The number of aromatic nitrogens is 2. The quantitative estimate of drug-likeness (QED) is 0.229. The highest BCUT2D eigenvalue weighted by atomic mass is 16.5. The third kappa shape index (κ3) is 5.35. The van der Waals surface area contributed by atoms with E-state index < -0.39 is 0 Å². The second-order valence-corrected chi connectivity index (χ2v) is 9.54. The van der Waals surface area contributed by atoms with Gasteiger partial charge in [-0.3, -0.25) is 9.59 Å². The molecule has 6 aromatic rings. The molecular weight excluding hydrogens is 532 g/mol. The average molecular weight is 559 g/mol. The summed E-state index contributed by atoms with van der Waals surface area (Å²) in [5.41, 5.74) is 3.07. The molecule has 2 aromatic heterocycles. The first-order valence-electron chi connectivity index (χ1n) is 13.2. The normalized spacial score (nSPS) is 11.3. The van der Waals surface area contributed by atoms with E-state index in [4.69, 9.17) is 18.9 Å². The number of amides is 1. The molecular formula is C33H26N4O5. The van der Waals surface area contributed by atoms with Crippen LogP contribution in [0.3, 0.4) is 0 Å². The van der Waals surface area contributed by atoms with Crippen molar-refractivity contribution < 1.29 is 18.7 Å². The Kier molecular flexibility index (Phi) is 7.21. The summed E-state index contributed by atoms with van der Waals surface area (Å²) in [6.45, 7) is 1.71. The summed E-state index contributed by atoms with van der Waals surface area (Å²) in [4.78, 5) is 31.0. The van der Waals surface area contributed by atoms with Crippen LogP contribution in [0.2, 0.25) is 0 Å². The van der Waals surface area contributed by atoms with Gasteiger partial charge in [-0.2, -0.15) is 9.78 Å². The summed E-state index contributed by atoms with van der Waals surface area (Å²) in [5, 5.41) is 8.62. The molecule has 42 heavy (non-hydrogen) atoms. The largest absolute Gasteiger partial charge is 0.493 e. The van der Waals surface area contributed by atoms with Crippen LogP contribution in [0.5, 0.6) is 11.5 Å². The van der Waals surface area contributed by atoms with Gasteiger partial charge in [-0.1, -0.05) is 54.1 Å². The summed E-state index contributed by atoms with van der Waals surface area (Å²) >= 11 is 0. The van der Waals surface area contributed by atoms with Gasteiger partial charge in [-0.05, 0) is 55.5 Å². The van der Waals surface area contributed by atoms with Gasteiger partial charge in [-0.15, -0.1) is 0 Å². The van der Waals surface area contributed by atoms with Gasteiger partial charge in [0.1, 0.15) is 5.58 Å². The number of furan rings is 1. The van der Waals surface area contributed by atoms with Crippen LogP contribution in [0.4, 0.5) is 5.69 Å². The number of anilines is 1. The maximum absolute atomic E-state index is 13.6. The number of aryl methyl sites for hydroxylation is 1. The van der Waals surface area contributed by atoms with Crippen LogP contribution in [-0.4, -0.2) is 35.5 Å². The molecule has 208 valence electrons. The van der Waals surface area contributed by atoms with Crippen LogP contribution >= 0.6 is 0 Å². The van der Waals surface area contributed by atoms with E-state index in [1.54, 1.807) is 36.4 Å². The zero-order valence-electron chi connectivity index (χ0n) is 22.9. The van der Waals surface area contributed by atoms with E-state index in [9.17, 15) is 9.59 Å². The molecule has 0 saturated heterocycles. The van der Waals surface area contributed by atoms with Crippen molar-refractivity contribution in [2.24, 2.45) is 5.10 Å². The fourth-order valence-corrected chi connectivity index (χ4v) is 4.52. The Balaban J connectivity index is 1.36. The summed E-state index contributed by atoms with van der Waals surface area (Å²) in [7, 11) is 1.51. The molecule has 9 heteroatoms. The number of benzene rings is 4. The highest BCUT2D eigenvalue weighted by Gasteiger charge is 2.17. The summed E-state index contributed by atoms with van der Waals surface area (Å²) in [6, 6.07) is 29.1. The van der Waals surface area contributed by atoms with Gasteiger partial charge in [0.15, 0.2) is 23.9 Å². The Hall–Kier alpha value is -5.70. The van der Waals surface area contributed by atoms with E-state index in [1.807, 2.05) is 67.6 Å². The van der Waals surface area contributed by atoms with E-state index in [2.05, 4.69) is 10.4 Å². The third-order valence-electron chi connectivity index (χ3n) is 6.62. The molecule has 0 unspecified atom stereocenters. The Bertz CT molecular complexity index is 1980. The summed E-state index contributed by atoms with van der Waals surface area (Å²) in [5.74, 6) is 1.01. The topological polar surface area (TPSA) is 108 Å². The molecule has 4 aromatic carbocycles. The number of rotatable bonds is 8. The van der Waals surface area contributed by atoms with Crippen molar-refractivity contribution in [1.29, 1.82) is 0 Å². The summed E-state index contributed by atoms with van der Waals surface area (Å²) in [6.07, 6.45) is 1.47. The first kappa shape index (κ1) is 26.5. The molecule has 0 bridgehead atoms. The lowest BCUT2D eigenvalue weighted by molar-refractivity contribution is -0.118. The average Bonchev–Trinajstić information content (AvgIpc) is 3.45. The van der Waals surface area contributed by atoms with Crippen molar-refractivity contribution >= 4 is 39.7 Å². The number of nitrogens with zero attached hydrogens (tertiary/aromatic N) is 3. The van der Waals surface area contributed by atoms with Crippen LogP contribution in [-0.2, 0) is 4.79 Å². The molecule has 1 amide bonds. The van der Waals surface area contributed by atoms with Crippen molar-refractivity contribution in [2.45, 2.75) is 6.92 Å². The lowest BCUT2D eigenvalue weighted by Gasteiger charge is -2.13. The minimum absolute atomic E-state index is 0.244. The van der Waals surface area contributed by atoms with Gasteiger partial charge in [0.2, 0.25) is 5.82 Å². The molecule has 9 nitrogen and oxygen atoms in total. The molecule has 0 radical (unpaired) electrons. The van der Waals surface area contributed by atoms with Crippen LogP contribution in [0.25, 0.3) is 33.5 Å². The first-order chi connectivity index (χ1) is 20.5. The molecule has 2 heterocycles. The Morgan fingerprint density at radius 3 is 2.60 bits per heavy atom. The highest BCUT2D eigenvalue weighted by Crippen LogP contribution is 2.31. The zero-order chi connectivity index (χ0) is 29.1. The van der Waals surface area contributed by atoms with Crippen molar-refractivity contribution in [2.75, 3.05) is 19.0 Å². The van der Waals surface area contributed by atoms with Crippen LogP contribution in [0, 0.1) is 6.92 Å². The van der Waals surface area contributed by atoms with Crippen molar-refractivity contribution in [1.82, 2.24) is 9.66 Å².